The van der Waals surface area contributed by atoms with Crippen LogP contribution in [0.15, 0.2) is 42.5 Å². The van der Waals surface area contributed by atoms with Crippen molar-refractivity contribution in [3.8, 4) is 11.1 Å². The molecule has 94 valence electrons. The van der Waals surface area contributed by atoms with Crippen LogP contribution >= 0.6 is 0 Å². The molecule has 0 aliphatic carbocycles. The van der Waals surface area contributed by atoms with Crippen molar-refractivity contribution in [2.45, 2.75) is 40.0 Å². The van der Waals surface area contributed by atoms with E-state index in [1.165, 1.54) is 27.8 Å². The van der Waals surface area contributed by atoms with Crippen LogP contribution in [0.1, 0.15) is 37.5 Å². The molecule has 0 nitrogen and oxygen atoms in total. The Morgan fingerprint density at radius 2 is 1.17 bits per heavy atom. The molecular formula is C18H22. The zero-order valence-electron chi connectivity index (χ0n) is 12.0. The molecule has 0 N–H and O–H groups in total. The third kappa shape index (κ3) is 2.81. The monoisotopic (exact) mass is 238 g/mol. The second-order valence-corrected chi connectivity index (χ2v) is 6.20. The molecular weight excluding hydrogens is 216 g/mol. The van der Waals surface area contributed by atoms with E-state index < -0.39 is 0 Å². The Bertz CT molecular complexity index is 519. The summed E-state index contributed by atoms with van der Waals surface area (Å²) < 4.78 is 0. The Labute approximate surface area is 111 Å². The van der Waals surface area contributed by atoms with Crippen LogP contribution < -0.4 is 0 Å². The van der Waals surface area contributed by atoms with E-state index in [0.29, 0.717) is 0 Å². The molecule has 18 heavy (non-hydrogen) atoms. The van der Waals surface area contributed by atoms with Gasteiger partial charge in [0.25, 0.3) is 0 Å². The van der Waals surface area contributed by atoms with Crippen molar-refractivity contribution in [1.29, 1.82) is 0 Å². The molecule has 2 aromatic rings. The maximum atomic E-state index is 2.25. The molecule has 0 saturated heterocycles. The summed E-state index contributed by atoms with van der Waals surface area (Å²) in [5.74, 6) is 0. The lowest BCUT2D eigenvalue weighted by molar-refractivity contribution is 0.590. The molecule has 0 bridgehead atoms. The van der Waals surface area contributed by atoms with Crippen LogP contribution in [0.2, 0.25) is 0 Å². The summed E-state index contributed by atoms with van der Waals surface area (Å²) in [4.78, 5) is 0. The highest BCUT2D eigenvalue weighted by Gasteiger charge is 2.13. The predicted molar refractivity (Wildman–Crippen MR) is 80.1 cm³/mol. The van der Waals surface area contributed by atoms with Crippen LogP contribution in [-0.2, 0) is 5.41 Å². The van der Waals surface area contributed by atoms with Crippen LogP contribution in [0.4, 0.5) is 0 Å². The summed E-state index contributed by atoms with van der Waals surface area (Å²) >= 11 is 0. The quantitative estimate of drug-likeness (QED) is 0.635. The van der Waals surface area contributed by atoms with Gasteiger partial charge in [0.1, 0.15) is 0 Å². The minimum absolute atomic E-state index is 0.223. The van der Waals surface area contributed by atoms with Crippen LogP contribution in [-0.4, -0.2) is 0 Å². The van der Waals surface area contributed by atoms with Gasteiger partial charge in [-0.1, -0.05) is 74.4 Å². The SMILES string of the molecule is Cc1cc(C)cc(-c2ccc(C(C)(C)C)cc2)c1. The van der Waals surface area contributed by atoms with E-state index in [0.717, 1.165) is 0 Å². The summed E-state index contributed by atoms with van der Waals surface area (Å²) in [5.41, 5.74) is 6.87. The number of hydrogen-bond donors (Lipinski definition) is 0. The highest BCUT2D eigenvalue weighted by atomic mass is 14.2. The Kier molecular flexibility index (Phi) is 3.30. The molecule has 0 unspecified atom stereocenters. The van der Waals surface area contributed by atoms with Gasteiger partial charge in [0.05, 0.1) is 0 Å². The predicted octanol–water partition coefficient (Wildman–Crippen LogP) is 5.27. The topological polar surface area (TPSA) is 0 Å². The molecule has 0 spiro atoms. The van der Waals surface area contributed by atoms with E-state index in [2.05, 4.69) is 77.1 Å². The summed E-state index contributed by atoms with van der Waals surface area (Å²) in [5, 5.41) is 0. The first-order chi connectivity index (χ1) is 8.36. The molecule has 0 heteroatoms. The maximum Gasteiger partial charge on any atom is -0.0132 e. The Hall–Kier alpha value is -1.56. The van der Waals surface area contributed by atoms with E-state index in [1.54, 1.807) is 0 Å². The zero-order chi connectivity index (χ0) is 13.3. The smallest absolute Gasteiger partial charge is 0.0132 e. The minimum Gasteiger partial charge on any atom is -0.0579 e. The maximum absolute atomic E-state index is 2.25. The molecule has 2 aromatic carbocycles. The second kappa shape index (κ2) is 4.61. The largest absolute Gasteiger partial charge is 0.0579 e. The van der Waals surface area contributed by atoms with Crippen molar-refractivity contribution in [2.24, 2.45) is 0 Å². The Balaban J connectivity index is 2.40. The number of aryl methyl sites for hydroxylation is 2. The van der Waals surface area contributed by atoms with E-state index in [4.69, 9.17) is 0 Å². The second-order valence-electron chi connectivity index (χ2n) is 6.20. The molecule has 0 atom stereocenters. The van der Waals surface area contributed by atoms with E-state index in [-0.39, 0.29) is 5.41 Å². The van der Waals surface area contributed by atoms with Gasteiger partial charge in [0, 0.05) is 0 Å². The fourth-order valence-electron chi connectivity index (χ4n) is 2.30. The lowest BCUT2D eigenvalue weighted by Gasteiger charge is -2.19. The summed E-state index contributed by atoms with van der Waals surface area (Å²) in [6.07, 6.45) is 0. The van der Waals surface area contributed by atoms with Crippen molar-refractivity contribution < 1.29 is 0 Å². The molecule has 0 radical (unpaired) electrons. The number of benzene rings is 2. The first-order valence-electron chi connectivity index (χ1n) is 6.55. The van der Waals surface area contributed by atoms with Gasteiger partial charge >= 0.3 is 0 Å². The lowest BCUT2D eigenvalue weighted by atomic mass is 9.86. The average molecular weight is 238 g/mol. The fraction of sp³-hybridized carbons (Fsp3) is 0.333. The highest BCUT2D eigenvalue weighted by Crippen LogP contribution is 2.27. The minimum atomic E-state index is 0.223. The summed E-state index contributed by atoms with van der Waals surface area (Å²) in [6, 6.07) is 15.7. The molecule has 0 fully saturated rings. The van der Waals surface area contributed by atoms with Gasteiger partial charge in [-0.25, -0.2) is 0 Å². The van der Waals surface area contributed by atoms with Crippen LogP contribution in [0.3, 0.4) is 0 Å². The first kappa shape index (κ1) is 12.9. The number of hydrogen-bond acceptors (Lipinski definition) is 0. The number of rotatable bonds is 1. The Morgan fingerprint density at radius 3 is 1.61 bits per heavy atom. The van der Waals surface area contributed by atoms with Gasteiger partial charge in [0.2, 0.25) is 0 Å². The van der Waals surface area contributed by atoms with Crippen molar-refractivity contribution in [1.82, 2.24) is 0 Å². The van der Waals surface area contributed by atoms with Crippen molar-refractivity contribution in [3.05, 3.63) is 59.2 Å². The summed E-state index contributed by atoms with van der Waals surface area (Å²) in [6.45, 7) is 11.1. The molecule has 0 saturated carbocycles. The van der Waals surface area contributed by atoms with Crippen LogP contribution in [0, 0.1) is 13.8 Å². The summed E-state index contributed by atoms with van der Waals surface area (Å²) in [7, 11) is 0. The van der Waals surface area contributed by atoms with Gasteiger partial charge in [-0.15, -0.1) is 0 Å². The van der Waals surface area contributed by atoms with E-state index in [9.17, 15) is 0 Å². The first-order valence-corrected chi connectivity index (χ1v) is 6.55. The van der Waals surface area contributed by atoms with Crippen LogP contribution in [0.5, 0.6) is 0 Å². The van der Waals surface area contributed by atoms with Gasteiger partial charge in [0.15, 0.2) is 0 Å². The van der Waals surface area contributed by atoms with Crippen molar-refractivity contribution in [3.63, 3.8) is 0 Å². The lowest BCUT2D eigenvalue weighted by Crippen LogP contribution is -2.10. The van der Waals surface area contributed by atoms with Gasteiger partial charge in [-0.3, -0.25) is 0 Å². The molecule has 0 aromatic heterocycles. The molecule has 0 aliphatic rings. The molecule has 0 heterocycles. The molecule has 0 aliphatic heterocycles. The normalized spacial score (nSPS) is 11.6. The van der Waals surface area contributed by atoms with Gasteiger partial charge in [-0.05, 0) is 36.0 Å². The van der Waals surface area contributed by atoms with Gasteiger partial charge in [-0.2, -0.15) is 0 Å². The molecule has 2 rings (SSSR count). The van der Waals surface area contributed by atoms with Crippen LogP contribution in [0.25, 0.3) is 11.1 Å². The molecule has 0 amide bonds. The Morgan fingerprint density at radius 1 is 0.667 bits per heavy atom. The average Bonchev–Trinajstić information content (AvgIpc) is 2.27. The van der Waals surface area contributed by atoms with Gasteiger partial charge < -0.3 is 0 Å². The standard InChI is InChI=1S/C18H22/c1-13-10-14(2)12-16(11-13)15-6-8-17(9-7-15)18(3,4)5/h6-12H,1-5H3. The third-order valence-corrected chi connectivity index (χ3v) is 3.31. The highest BCUT2D eigenvalue weighted by molar-refractivity contribution is 5.65. The van der Waals surface area contributed by atoms with Crippen molar-refractivity contribution >= 4 is 0 Å². The zero-order valence-corrected chi connectivity index (χ0v) is 12.0. The van der Waals surface area contributed by atoms with Crippen molar-refractivity contribution in [2.75, 3.05) is 0 Å². The van der Waals surface area contributed by atoms with E-state index in [1.807, 2.05) is 0 Å². The third-order valence-electron chi connectivity index (χ3n) is 3.31. The van der Waals surface area contributed by atoms with E-state index >= 15 is 0 Å². The fourth-order valence-corrected chi connectivity index (χ4v) is 2.30.